The van der Waals surface area contributed by atoms with Gasteiger partial charge in [0.15, 0.2) is 0 Å². The summed E-state index contributed by atoms with van der Waals surface area (Å²) in [4.78, 5) is 6.70. The number of morpholine rings is 1. The second-order valence-corrected chi connectivity index (χ2v) is 4.93. The molecule has 0 amide bonds. The van der Waals surface area contributed by atoms with Gasteiger partial charge in [-0.1, -0.05) is 0 Å². The van der Waals surface area contributed by atoms with Crippen LogP contribution in [0.4, 0.5) is 5.69 Å². The molecule has 0 aliphatic carbocycles. The Morgan fingerprint density at radius 1 is 1.40 bits per heavy atom. The molecule has 0 aromatic carbocycles. The zero-order valence-corrected chi connectivity index (χ0v) is 11.0. The lowest BCUT2D eigenvalue weighted by atomic mass is 10.3. The monoisotopic (exact) mass is 288 g/mol. The Morgan fingerprint density at radius 3 is 2.80 bits per heavy atom. The van der Waals surface area contributed by atoms with E-state index in [-0.39, 0.29) is 0 Å². The van der Waals surface area contributed by atoms with Crippen LogP contribution in [0.1, 0.15) is 0 Å². The zero-order chi connectivity index (χ0) is 10.7. The van der Waals surface area contributed by atoms with Crippen molar-refractivity contribution < 1.29 is 4.74 Å². The van der Waals surface area contributed by atoms with Gasteiger partial charge in [0.25, 0.3) is 0 Å². The highest BCUT2D eigenvalue weighted by Crippen LogP contribution is 2.25. The lowest BCUT2D eigenvalue weighted by Crippen LogP contribution is -2.36. The zero-order valence-electron chi connectivity index (χ0n) is 8.57. The highest BCUT2D eigenvalue weighted by atomic mass is 79.9. The van der Waals surface area contributed by atoms with E-state index in [1.54, 1.807) is 11.8 Å². The minimum absolute atomic E-state index is 0.814. The molecular formula is C10H13BrN2OS. The van der Waals surface area contributed by atoms with Crippen molar-refractivity contribution in [1.82, 2.24) is 4.98 Å². The third-order valence-electron chi connectivity index (χ3n) is 2.34. The van der Waals surface area contributed by atoms with E-state index in [0.717, 1.165) is 35.9 Å². The van der Waals surface area contributed by atoms with Crippen LogP contribution in [0, 0.1) is 0 Å². The highest BCUT2D eigenvalue weighted by molar-refractivity contribution is 9.10. The average Bonchev–Trinajstić information content (AvgIpc) is 2.29. The molecule has 1 aromatic heterocycles. The molecule has 0 radical (unpaired) electrons. The Hall–Kier alpha value is -0.260. The van der Waals surface area contributed by atoms with Gasteiger partial charge in [-0.2, -0.15) is 0 Å². The maximum Gasteiger partial charge on any atom is 0.109 e. The van der Waals surface area contributed by atoms with Crippen LogP contribution in [0.5, 0.6) is 0 Å². The van der Waals surface area contributed by atoms with E-state index in [1.807, 2.05) is 6.26 Å². The lowest BCUT2D eigenvalue weighted by molar-refractivity contribution is 0.122. The minimum Gasteiger partial charge on any atom is -0.378 e. The van der Waals surface area contributed by atoms with E-state index >= 15 is 0 Å². The van der Waals surface area contributed by atoms with Crippen molar-refractivity contribution >= 4 is 33.4 Å². The molecule has 1 aliphatic heterocycles. The highest BCUT2D eigenvalue weighted by Gasteiger charge is 2.12. The molecule has 1 aliphatic rings. The number of halogens is 1. The van der Waals surface area contributed by atoms with E-state index in [9.17, 15) is 0 Å². The molecule has 1 fully saturated rings. The fourth-order valence-corrected chi connectivity index (χ4v) is 2.54. The van der Waals surface area contributed by atoms with Crippen molar-refractivity contribution in [2.75, 3.05) is 37.5 Å². The van der Waals surface area contributed by atoms with Crippen LogP contribution < -0.4 is 4.90 Å². The van der Waals surface area contributed by atoms with Crippen molar-refractivity contribution in [3.8, 4) is 0 Å². The van der Waals surface area contributed by atoms with Crippen LogP contribution >= 0.6 is 27.7 Å². The molecule has 15 heavy (non-hydrogen) atoms. The number of anilines is 1. The summed E-state index contributed by atoms with van der Waals surface area (Å²) < 4.78 is 6.23. The summed E-state index contributed by atoms with van der Waals surface area (Å²) >= 11 is 5.10. The van der Waals surface area contributed by atoms with Crippen molar-refractivity contribution in [2.45, 2.75) is 5.03 Å². The molecule has 0 N–H and O–H groups in total. The van der Waals surface area contributed by atoms with Crippen LogP contribution in [0.3, 0.4) is 0 Å². The number of rotatable bonds is 2. The van der Waals surface area contributed by atoms with Gasteiger partial charge in [0.2, 0.25) is 0 Å². The second kappa shape index (κ2) is 5.18. The summed E-state index contributed by atoms with van der Waals surface area (Å²) in [6.45, 7) is 3.55. The van der Waals surface area contributed by atoms with Gasteiger partial charge in [-0.25, -0.2) is 4.98 Å². The second-order valence-electron chi connectivity index (χ2n) is 3.29. The van der Waals surface area contributed by atoms with E-state index in [0.29, 0.717) is 0 Å². The van der Waals surface area contributed by atoms with Gasteiger partial charge in [-0.05, 0) is 34.3 Å². The van der Waals surface area contributed by atoms with Crippen LogP contribution in [0.15, 0.2) is 21.8 Å². The first-order chi connectivity index (χ1) is 7.29. The molecule has 3 nitrogen and oxygen atoms in total. The number of aromatic nitrogens is 1. The molecule has 1 saturated heterocycles. The molecular weight excluding hydrogens is 276 g/mol. The summed E-state index contributed by atoms with van der Waals surface area (Å²) in [6, 6.07) is 4.19. The Bertz CT molecular complexity index is 342. The van der Waals surface area contributed by atoms with Crippen LogP contribution in [0.25, 0.3) is 0 Å². The van der Waals surface area contributed by atoms with E-state index in [1.165, 1.54) is 5.69 Å². The van der Waals surface area contributed by atoms with E-state index < -0.39 is 0 Å². The van der Waals surface area contributed by atoms with E-state index in [2.05, 4.69) is 37.9 Å². The molecule has 0 spiro atoms. The number of thioether (sulfide) groups is 1. The third kappa shape index (κ3) is 2.86. The van der Waals surface area contributed by atoms with Crippen molar-refractivity contribution in [1.29, 1.82) is 0 Å². The summed E-state index contributed by atoms with van der Waals surface area (Å²) in [5.74, 6) is 0. The van der Waals surface area contributed by atoms with Gasteiger partial charge in [0.05, 0.1) is 18.2 Å². The van der Waals surface area contributed by atoms with Gasteiger partial charge in [-0.15, -0.1) is 11.8 Å². The number of hydrogen-bond acceptors (Lipinski definition) is 4. The summed E-state index contributed by atoms with van der Waals surface area (Å²) in [7, 11) is 0. The molecule has 1 aromatic rings. The van der Waals surface area contributed by atoms with Crippen LogP contribution in [-0.4, -0.2) is 37.5 Å². The van der Waals surface area contributed by atoms with Gasteiger partial charge < -0.3 is 9.64 Å². The molecule has 2 rings (SSSR count). The number of nitrogens with zero attached hydrogens (tertiary/aromatic N) is 2. The molecule has 0 unspecified atom stereocenters. The van der Waals surface area contributed by atoms with Gasteiger partial charge in [0.1, 0.15) is 4.60 Å². The largest absolute Gasteiger partial charge is 0.378 e. The van der Waals surface area contributed by atoms with Gasteiger partial charge in [0, 0.05) is 18.8 Å². The molecule has 0 atom stereocenters. The number of hydrogen-bond donors (Lipinski definition) is 0. The van der Waals surface area contributed by atoms with Crippen molar-refractivity contribution in [2.24, 2.45) is 0 Å². The van der Waals surface area contributed by atoms with Gasteiger partial charge >= 0.3 is 0 Å². The minimum atomic E-state index is 0.814. The molecule has 5 heteroatoms. The third-order valence-corrected chi connectivity index (χ3v) is 3.37. The lowest BCUT2D eigenvalue weighted by Gasteiger charge is -2.29. The van der Waals surface area contributed by atoms with Crippen LogP contribution in [-0.2, 0) is 4.74 Å². The first-order valence-corrected chi connectivity index (χ1v) is 6.85. The molecule has 0 bridgehead atoms. The normalized spacial score (nSPS) is 16.8. The summed E-state index contributed by atoms with van der Waals surface area (Å²) in [6.07, 6.45) is 2.04. The standard InChI is InChI=1S/C10H13BrN2OS/c1-15-10-7-8(6-9(11)12-10)13-2-4-14-5-3-13/h6-7H,2-5H2,1H3. The fourth-order valence-electron chi connectivity index (χ4n) is 1.57. The Morgan fingerprint density at radius 2 is 2.13 bits per heavy atom. The van der Waals surface area contributed by atoms with Crippen molar-refractivity contribution in [3.63, 3.8) is 0 Å². The maximum atomic E-state index is 5.33. The first-order valence-electron chi connectivity index (χ1n) is 4.84. The summed E-state index contributed by atoms with van der Waals surface area (Å²) in [5.41, 5.74) is 1.23. The topological polar surface area (TPSA) is 25.4 Å². The number of pyridine rings is 1. The maximum absolute atomic E-state index is 5.33. The smallest absolute Gasteiger partial charge is 0.109 e. The predicted molar refractivity (Wildman–Crippen MR) is 66.8 cm³/mol. The van der Waals surface area contributed by atoms with E-state index in [4.69, 9.17) is 4.74 Å². The molecule has 0 saturated carbocycles. The fraction of sp³-hybridized carbons (Fsp3) is 0.500. The van der Waals surface area contributed by atoms with Crippen LogP contribution in [0.2, 0.25) is 0 Å². The Labute approximate surface area is 102 Å². The first kappa shape index (κ1) is 11.2. The Kier molecular flexibility index (Phi) is 3.88. The Balaban J connectivity index is 2.22. The molecule has 82 valence electrons. The predicted octanol–water partition coefficient (Wildman–Crippen LogP) is 2.40. The van der Waals surface area contributed by atoms with Gasteiger partial charge in [-0.3, -0.25) is 0 Å². The molecule has 2 heterocycles. The average molecular weight is 289 g/mol. The number of ether oxygens (including phenoxy) is 1. The quantitative estimate of drug-likeness (QED) is 0.616. The SMILES string of the molecule is CSc1cc(N2CCOCC2)cc(Br)n1. The van der Waals surface area contributed by atoms with Crippen molar-refractivity contribution in [3.05, 3.63) is 16.7 Å². The summed E-state index contributed by atoms with van der Waals surface area (Å²) in [5, 5.41) is 1.05.